The molecule has 0 bridgehead atoms. The normalized spacial score (nSPS) is 16.3. The van der Waals surface area contributed by atoms with Gasteiger partial charge in [-0.1, -0.05) is 6.92 Å². The molecule has 2 heterocycles. The number of nitrogens with zero attached hydrogens (tertiary/aromatic N) is 3. The van der Waals surface area contributed by atoms with Crippen molar-refractivity contribution in [3.63, 3.8) is 0 Å². The zero-order chi connectivity index (χ0) is 12.3. The summed E-state index contributed by atoms with van der Waals surface area (Å²) < 4.78 is 1.68. The van der Waals surface area contributed by atoms with Crippen molar-refractivity contribution in [3.05, 3.63) is 22.7 Å². The Balaban J connectivity index is 2.23. The molecular weight excluding hydrogens is 218 g/mol. The van der Waals surface area contributed by atoms with Crippen molar-refractivity contribution in [3.8, 4) is 0 Å². The molecule has 0 atom stereocenters. The minimum Gasteiger partial charge on any atom is -0.351 e. The number of ketones is 1. The summed E-state index contributed by atoms with van der Waals surface area (Å²) >= 11 is 0. The Morgan fingerprint density at radius 2 is 2.00 bits per heavy atom. The quantitative estimate of drug-likeness (QED) is 0.778. The third kappa shape index (κ3) is 2.54. The lowest BCUT2D eigenvalue weighted by Crippen LogP contribution is -2.39. The summed E-state index contributed by atoms with van der Waals surface area (Å²) in [5, 5.41) is 0. The van der Waals surface area contributed by atoms with Gasteiger partial charge in [0, 0.05) is 44.9 Å². The number of aromatic nitrogens is 2. The van der Waals surface area contributed by atoms with Crippen LogP contribution < -0.4 is 10.5 Å². The van der Waals surface area contributed by atoms with Crippen molar-refractivity contribution in [1.82, 2.24) is 9.55 Å². The van der Waals surface area contributed by atoms with E-state index in [0.29, 0.717) is 38.3 Å². The summed E-state index contributed by atoms with van der Waals surface area (Å²) in [5.41, 5.74) is -0.0521. The predicted octanol–water partition coefficient (Wildman–Crippen LogP) is 0.823. The van der Waals surface area contributed by atoms with Crippen LogP contribution in [-0.4, -0.2) is 28.4 Å². The maximum absolute atomic E-state index is 12.1. The van der Waals surface area contributed by atoms with Gasteiger partial charge in [-0.15, -0.1) is 0 Å². The standard InChI is InChI=1S/C12H17N3O2/c1-2-6-15-9-5-13-11(12(15)17)14-7-3-10(16)4-8-14/h5,9H,2-4,6-8H2,1H3. The molecule has 2 rings (SSSR count). The molecule has 17 heavy (non-hydrogen) atoms. The number of rotatable bonds is 3. The maximum atomic E-state index is 12.1. The molecule has 1 saturated heterocycles. The second-order valence-electron chi connectivity index (χ2n) is 4.28. The van der Waals surface area contributed by atoms with E-state index in [4.69, 9.17) is 0 Å². The smallest absolute Gasteiger partial charge is 0.293 e. The first kappa shape index (κ1) is 11.8. The number of anilines is 1. The second-order valence-corrected chi connectivity index (χ2v) is 4.28. The van der Waals surface area contributed by atoms with E-state index in [1.165, 1.54) is 0 Å². The minimum absolute atomic E-state index is 0.0521. The summed E-state index contributed by atoms with van der Waals surface area (Å²) in [7, 11) is 0. The van der Waals surface area contributed by atoms with E-state index in [-0.39, 0.29) is 11.3 Å². The van der Waals surface area contributed by atoms with Gasteiger partial charge < -0.3 is 9.47 Å². The van der Waals surface area contributed by atoms with Gasteiger partial charge in [-0.2, -0.15) is 0 Å². The van der Waals surface area contributed by atoms with E-state index in [1.54, 1.807) is 17.0 Å². The minimum atomic E-state index is -0.0521. The molecule has 1 aromatic rings. The molecule has 0 aliphatic carbocycles. The Kier molecular flexibility index (Phi) is 3.56. The molecule has 92 valence electrons. The van der Waals surface area contributed by atoms with Crippen LogP contribution >= 0.6 is 0 Å². The fourth-order valence-corrected chi connectivity index (χ4v) is 2.04. The molecule has 0 N–H and O–H groups in total. The molecule has 1 fully saturated rings. The molecule has 1 aliphatic rings. The highest BCUT2D eigenvalue weighted by Gasteiger charge is 2.20. The largest absolute Gasteiger partial charge is 0.351 e. The van der Waals surface area contributed by atoms with Crippen LogP contribution in [0.15, 0.2) is 17.2 Å². The first-order valence-corrected chi connectivity index (χ1v) is 6.04. The highest BCUT2D eigenvalue weighted by atomic mass is 16.1. The van der Waals surface area contributed by atoms with Gasteiger partial charge in [0.05, 0.1) is 0 Å². The molecule has 0 spiro atoms. The molecular formula is C12H17N3O2. The number of aryl methyl sites for hydroxylation is 1. The van der Waals surface area contributed by atoms with Gasteiger partial charge >= 0.3 is 0 Å². The van der Waals surface area contributed by atoms with Gasteiger partial charge in [0.15, 0.2) is 5.82 Å². The Morgan fingerprint density at radius 3 is 2.65 bits per heavy atom. The van der Waals surface area contributed by atoms with Crippen LogP contribution in [0.2, 0.25) is 0 Å². The van der Waals surface area contributed by atoms with Crippen LogP contribution in [0.1, 0.15) is 26.2 Å². The number of carbonyl (C=O) groups is 1. The van der Waals surface area contributed by atoms with Gasteiger partial charge in [-0.25, -0.2) is 4.98 Å². The molecule has 5 nitrogen and oxygen atoms in total. The molecule has 0 amide bonds. The zero-order valence-corrected chi connectivity index (χ0v) is 10.1. The number of piperidine rings is 1. The second kappa shape index (κ2) is 5.12. The SMILES string of the molecule is CCCn1ccnc(N2CCC(=O)CC2)c1=O. The lowest BCUT2D eigenvalue weighted by Gasteiger charge is -2.26. The van der Waals surface area contributed by atoms with Crippen molar-refractivity contribution in [2.45, 2.75) is 32.7 Å². The van der Waals surface area contributed by atoms with E-state index in [2.05, 4.69) is 4.98 Å². The van der Waals surface area contributed by atoms with Crippen LogP contribution in [0, 0.1) is 0 Å². The van der Waals surface area contributed by atoms with E-state index < -0.39 is 0 Å². The molecule has 0 saturated carbocycles. The van der Waals surface area contributed by atoms with Gasteiger partial charge in [0.2, 0.25) is 0 Å². The summed E-state index contributed by atoms with van der Waals surface area (Å²) in [6.45, 7) is 3.96. The third-order valence-corrected chi connectivity index (χ3v) is 2.98. The van der Waals surface area contributed by atoms with Crippen molar-refractivity contribution in [1.29, 1.82) is 0 Å². The third-order valence-electron chi connectivity index (χ3n) is 2.98. The predicted molar refractivity (Wildman–Crippen MR) is 65.2 cm³/mol. The summed E-state index contributed by atoms with van der Waals surface area (Å²) in [6.07, 6.45) is 5.32. The Hall–Kier alpha value is -1.65. The molecule has 1 aromatic heterocycles. The first-order chi connectivity index (χ1) is 8.22. The number of Topliss-reactive ketones (excluding diaryl/α,β-unsaturated/α-hetero) is 1. The Labute approximate surface area is 100 Å². The average Bonchev–Trinajstić information content (AvgIpc) is 2.34. The van der Waals surface area contributed by atoms with Gasteiger partial charge in [-0.05, 0) is 6.42 Å². The topological polar surface area (TPSA) is 55.2 Å². The zero-order valence-electron chi connectivity index (χ0n) is 10.1. The Morgan fingerprint density at radius 1 is 1.29 bits per heavy atom. The van der Waals surface area contributed by atoms with E-state index in [9.17, 15) is 9.59 Å². The van der Waals surface area contributed by atoms with Crippen molar-refractivity contribution < 1.29 is 4.79 Å². The highest BCUT2D eigenvalue weighted by Crippen LogP contribution is 2.11. The van der Waals surface area contributed by atoms with Crippen molar-refractivity contribution in [2.24, 2.45) is 0 Å². The first-order valence-electron chi connectivity index (χ1n) is 6.04. The molecule has 0 aromatic carbocycles. The summed E-state index contributed by atoms with van der Waals surface area (Å²) in [5.74, 6) is 0.750. The fourth-order valence-electron chi connectivity index (χ4n) is 2.04. The van der Waals surface area contributed by atoms with E-state index in [0.717, 1.165) is 6.42 Å². The van der Waals surface area contributed by atoms with Crippen molar-refractivity contribution >= 4 is 11.6 Å². The maximum Gasteiger partial charge on any atom is 0.293 e. The highest BCUT2D eigenvalue weighted by molar-refractivity contribution is 5.80. The number of carbonyl (C=O) groups excluding carboxylic acids is 1. The van der Waals surface area contributed by atoms with E-state index >= 15 is 0 Å². The van der Waals surface area contributed by atoms with Gasteiger partial charge in [0.1, 0.15) is 5.78 Å². The summed E-state index contributed by atoms with van der Waals surface area (Å²) in [4.78, 5) is 29.3. The number of hydrogen-bond donors (Lipinski definition) is 0. The van der Waals surface area contributed by atoms with Crippen LogP contribution in [-0.2, 0) is 11.3 Å². The lowest BCUT2D eigenvalue weighted by molar-refractivity contribution is -0.119. The molecule has 0 radical (unpaired) electrons. The van der Waals surface area contributed by atoms with Gasteiger partial charge in [0.25, 0.3) is 5.56 Å². The lowest BCUT2D eigenvalue weighted by atomic mass is 10.1. The molecule has 5 heteroatoms. The summed E-state index contributed by atoms with van der Waals surface area (Å²) in [6, 6.07) is 0. The molecule has 1 aliphatic heterocycles. The fraction of sp³-hybridized carbons (Fsp3) is 0.583. The van der Waals surface area contributed by atoms with Gasteiger partial charge in [-0.3, -0.25) is 9.59 Å². The van der Waals surface area contributed by atoms with Crippen molar-refractivity contribution in [2.75, 3.05) is 18.0 Å². The van der Waals surface area contributed by atoms with E-state index in [1.807, 2.05) is 11.8 Å². The Bertz CT molecular complexity index is 457. The van der Waals surface area contributed by atoms with Crippen LogP contribution in [0.25, 0.3) is 0 Å². The van der Waals surface area contributed by atoms with Crippen LogP contribution in [0.4, 0.5) is 5.82 Å². The monoisotopic (exact) mass is 235 g/mol. The average molecular weight is 235 g/mol. The van der Waals surface area contributed by atoms with Crippen LogP contribution in [0.3, 0.4) is 0 Å². The number of hydrogen-bond acceptors (Lipinski definition) is 4. The van der Waals surface area contributed by atoms with Crippen LogP contribution in [0.5, 0.6) is 0 Å². The molecule has 0 unspecified atom stereocenters.